The van der Waals surface area contributed by atoms with E-state index in [9.17, 15) is 10.5 Å². The molecule has 6 aliphatic rings. The van der Waals surface area contributed by atoms with Gasteiger partial charge in [-0.05, 0) is 202 Å². The molecular weight excluding hydrogens is 1130 g/mol. The molecule has 4 fully saturated rings. The number of nitriles is 2. The van der Waals surface area contributed by atoms with Crippen molar-refractivity contribution in [1.82, 2.24) is 8.80 Å². The van der Waals surface area contributed by atoms with E-state index in [2.05, 4.69) is 168 Å². The zero-order chi connectivity index (χ0) is 62.2. The Kier molecular flexibility index (Phi) is 11.5. The molecule has 4 saturated carbocycles. The predicted octanol–water partition coefficient (Wildman–Crippen LogP) is 22.5. The van der Waals surface area contributed by atoms with E-state index in [1.54, 1.807) is 0 Å². The molecule has 454 valence electrons. The molecule has 7 heteroatoms. The quantitative estimate of drug-likeness (QED) is 0.172. The molecule has 0 aliphatic heterocycles. The van der Waals surface area contributed by atoms with Crippen molar-refractivity contribution in [1.29, 1.82) is 10.5 Å². The van der Waals surface area contributed by atoms with Crippen LogP contribution < -0.4 is 0 Å². The summed E-state index contributed by atoms with van der Waals surface area (Å²) in [6.45, 7) is 11.4. The minimum absolute atomic E-state index is 0.126. The van der Waals surface area contributed by atoms with E-state index in [1.807, 2.05) is 33.1 Å². The normalized spacial score (nSPS) is 26.1. The van der Waals surface area contributed by atoms with E-state index in [0.717, 1.165) is 151 Å². The number of halogens is 3. The molecule has 10 atom stereocenters. The molecule has 4 nitrogen and oxygen atoms in total. The summed E-state index contributed by atoms with van der Waals surface area (Å²) >= 11 is 0. The Bertz CT molecular complexity index is 5420. The lowest BCUT2D eigenvalue weighted by Gasteiger charge is -2.49. The number of hydrogen-bond donors (Lipinski definition) is 0. The first-order chi connectivity index (χ1) is 44.7. The summed E-state index contributed by atoms with van der Waals surface area (Å²) in [7, 11) is 0. The van der Waals surface area contributed by atoms with Crippen LogP contribution in [0.5, 0.6) is 0 Å². The van der Waals surface area contributed by atoms with E-state index in [4.69, 9.17) is 0 Å². The van der Waals surface area contributed by atoms with Gasteiger partial charge >= 0.3 is 6.18 Å². The number of alkyl halides is 3. The van der Waals surface area contributed by atoms with Crippen LogP contribution in [0.2, 0.25) is 0 Å². The zero-order valence-electron chi connectivity index (χ0n) is 53.1. The highest BCUT2D eigenvalue weighted by molar-refractivity contribution is 6.32. The van der Waals surface area contributed by atoms with Crippen molar-refractivity contribution in [2.24, 2.45) is 23.7 Å². The van der Waals surface area contributed by atoms with Crippen molar-refractivity contribution in [2.45, 2.75) is 159 Å². The first kappa shape index (κ1) is 55.0. The second-order valence-corrected chi connectivity index (χ2v) is 30.1. The van der Waals surface area contributed by atoms with Gasteiger partial charge in [-0.15, -0.1) is 0 Å². The summed E-state index contributed by atoms with van der Waals surface area (Å²) in [6.07, 6.45) is 9.80. The summed E-state index contributed by atoms with van der Waals surface area (Å²) < 4.78 is 58.9. The van der Waals surface area contributed by atoms with Crippen LogP contribution in [0.15, 0.2) is 146 Å². The number of aromatic nitrogens is 2. The first-order valence-electron chi connectivity index (χ1n) is 34.5. The maximum atomic E-state index is 18.3. The molecule has 0 radical (unpaired) electrons. The van der Waals surface area contributed by atoms with Gasteiger partial charge in [0, 0.05) is 66.8 Å². The van der Waals surface area contributed by atoms with Crippen LogP contribution in [-0.2, 0) is 17.0 Å². The molecule has 9 aromatic carbocycles. The summed E-state index contributed by atoms with van der Waals surface area (Å²) in [5, 5.41) is 30.5. The topological polar surface area (TPSA) is 56.4 Å². The largest absolute Gasteiger partial charge is 0.420 e. The van der Waals surface area contributed by atoms with E-state index < -0.39 is 11.7 Å². The van der Waals surface area contributed by atoms with Gasteiger partial charge in [0.25, 0.3) is 0 Å². The lowest BCUT2D eigenvalue weighted by Crippen LogP contribution is -2.40. The second-order valence-electron chi connectivity index (χ2n) is 30.1. The highest BCUT2D eigenvalue weighted by Gasteiger charge is 2.49. The van der Waals surface area contributed by atoms with Gasteiger partial charge in [-0.25, -0.2) is 0 Å². The number of nitrogens with zero attached hydrogens (tertiary/aromatic N) is 4. The molecule has 4 aromatic heterocycles. The van der Waals surface area contributed by atoms with Gasteiger partial charge in [0.1, 0.15) is 5.56 Å². The third kappa shape index (κ3) is 7.13. The van der Waals surface area contributed by atoms with Crippen molar-refractivity contribution in [2.75, 3.05) is 0 Å². The fraction of sp³-hybridized carbons (Fsp3) is 0.341. The first-order valence-corrected chi connectivity index (χ1v) is 34.5. The molecule has 13 aromatic rings. The maximum Gasteiger partial charge on any atom is 0.420 e. The number of fused-ring (bicyclic) bond motifs is 22. The lowest BCUT2D eigenvalue weighted by molar-refractivity contribution is -0.135. The molecular formula is C85H73F3N4. The Balaban J connectivity index is 1.03. The second kappa shape index (κ2) is 19.2. The Labute approximate surface area is 535 Å². The van der Waals surface area contributed by atoms with E-state index in [-0.39, 0.29) is 45.5 Å². The molecule has 92 heavy (non-hydrogen) atoms. The van der Waals surface area contributed by atoms with Crippen molar-refractivity contribution in [3.8, 4) is 12.1 Å². The Morgan fingerprint density at radius 1 is 0.500 bits per heavy atom. The lowest BCUT2D eigenvalue weighted by atomic mass is 9.56. The Morgan fingerprint density at radius 3 is 1.37 bits per heavy atom. The van der Waals surface area contributed by atoms with Gasteiger partial charge in [0.05, 0.1) is 56.4 Å². The standard InChI is InChI=1S/C85H73F3N4/c1-6-49-32-51-20-18-30-84(40-49,42-51)57-36-63-69-48(5)68-62-35-56(83-29-17-19-50(41-83)31-45(2)39-83)37-64-76-66(33-54(43-89)74-70(76)46(3)58-25-13-15-27-60(58)72(74)52-21-9-7-10-22-52)91(79(62)64)81(68)78(85(86,87)88)82(69)92-67-34-55(44-90)75-71(77(67)65(38-57)80(63)92)47(4)59-26-14-16-28-61(59)73(75)53-23-11-8-12-24-53/h7-16,21-28,33-38,45-47,49-51,72-73H,6,17-20,29-32,39-42H2,1-5H3. The summed E-state index contributed by atoms with van der Waals surface area (Å²) in [5.74, 6) is 1.42. The van der Waals surface area contributed by atoms with Crippen molar-refractivity contribution < 1.29 is 13.2 Å². The van der Waals surface area contributed by atoms with E-state index in [0.29, 0.717) is 56.6 Å². The van der Waals surface area contributed by atoms with Gasteiger partial charge in [-0.1, -0.05) is 169 Å². The number of benzene rings is 9. The van der Waals surface area contributed by atoms with Gasteiger partial charge in [-0.3, -0.25) is 0 Å². The van der Waals surface area contributed by atoms with Gasteiger partial charge in [0.15, 0.2) is 0 Å². The fourth-order valence-corrected chi connectivity index (χ4v) is 22.3. The number of aryl methyl sites for hydroxylation is 1. The van der Waals surface area contributed by atoms with Crippen LogP contribution in [0, 0.1) is 53.3 Å². The highest BCUT2D eigenvalue weighted by atomic mass is 19.4. The number of hydrogen-bond acceptors (Lipinski definition) is 2. The SMILES string of the molecule is CCC1CC2CCCC(c3cc4c5c6c(c(C#N)cc5n5c7c(C(F)(F)F)c8c(c(C)c7c(c3)c45)c3cc(C45CCCC(CC(C)C4)C5)cc4c5c7c(c(C#N)cc5n8c43)C(c3ccccc3)c3ccccc3C7C)C(c3ccccc3)c3ccccc3C6C)(C1)C2. The van der Waals surface area contributed by atoms with Gasteiger partial charge in [0.2, 0.25) is 0 Å². The van der Waals surface area contributed by atoms with Crippen LogP contribution in [0.25, 0.3) is 76.2 Å². The van der Waals surface area contributed by atoms with Crippen molar-refractivity contribution in [3.05, 3.63) is 235 Å². The van der Waals surface area contributed by atoms with Crippen LogP contribution in [0.4, 0.5) is 13.2 Å². The summed E-state index contributed by atoms with van der Waals surface area (Å²) in [4.78, 5) is 0. The highest BCUT2D eigenvalue weighted by Crippen LogP contribution is 2.62. The maximum absolute atomic E-state index is 18.3. The average molecular weight is 1210 g/mol. The molecule has 6 aliphatic carbocycles. The fourth-order valence-electron chi connectivity index (χ4n) is 22.3. The summed E-state index contributed by atoms with van der Waals surface area (Å²) in [6, 6.07) is 57.4. The van der Waals surface area contributed by atoms with E-state index >= 15 is 13.2 Å². The van der Waals surface area contributed by atoms with Crippen LogP contribution in [0.1, 0.15) is 224 Å². The Hall–Kier alpha value is -8.65. The molecule has 4 bridgehead atoms. The average Bonchev–Trinajstić information content (AvgIpc) is 1.48. The smallest absolute Gasteiger partial charge is 0.307 e. The molecule has 0 saturated heterocycles. The molecule has 0 spiro atoms. The third-order valence-corrected chi connectivity index (χ3v) is 25.4. The molecule has 10 unspecified atom stereocenters. The van der Waals surface area contributed by atoms with Crippen LogP contribution in [-0.4, -0.2) is 8.80 Å². The minimum atomic E-state index is -4.88. The molecule has 4 heterocycles. The van der Waals surface area contributed by atoms with Crippen molar-refractivity contribution >= 4 is 76.2 Å². The van der Waals surface area contributed by atoms with Crippen molar-refractivity contribution in [3.63, 3.8) is 0 Å². The van der Waals surface area contributed by atoms with Crippen LogP contribution in [0.3, 0.4) is 0 Å². The van der Waals surface area contributed by atoms with Gasteiger partial charge in [-0.2, -0.15) is 23.7 Å². The minimum Gasteiger partial charge on any atom is -0.307 e. The predicted molar refractivity (Wildman–Crippen MR) is 366 cm³/mol. The number of rotatable bonds is 5. The third-order valence-electron chi connectivity index (χ3n) is 25.4. The Morgan fingerprint density at radius 2 is 0.924 bits per heavy atom. The zero-order valence-corrected chi connectivity index (χ0v) is 53.1. The van der Waals surface area contributed by atoms with Crippen LogP contribution >= 0.6 is 0 Å². The molecule has 19 rings (SSSR count). The molecule has 0 amide bonds. The van der Waals surface area contributed by atoms with E-state index in [1.165, 1.54) is 47.9 Å². The summed E-state index contributed by atoms with van der Waals surface area (Å²) in [5.41, 5.74) is 17.5. The van der Waals surface area contributed by atoms with Gasteiger partial charge < -0.3 is 8.80 Å². The monoisotopic (exact) mass is 1210 g/mol. The molecule has 0 N–H and O–H groups in total.